The SMILES string of the molecule is Cc1ccc(NC2CC(C)N(C)CC2C)c([N+](=O)[O-])c1. The molecular weight excluding hydrogens is 254 g/mol. The van der Waals surface area contributed by atoms with Crippen LogP contribution in [-0.2, 0) is 0 Å². The van der Waals surface area contributed by atoms with Gasteiger partial charge in [0.15, 0.2) is 0 Å². The van der Waals surface area contributed by atoms with Crippen molar-refractivity contribution in [1.29, 1.82) is 0 Å². The predicted octanol–water partition coefficient (Wildman–Crippen LogP) is 3.04. The molecule has 3 atom stereocenters. The van der Waals surface area contributed by atoms with E-state index in [1.54, 1.807) is 6.07 Å². The molecule has 20 heavy (non-hydrogen) atoms. The molecule has 1 aromatic carbocycles. The first-order chi connectivity index (χ1) is 9.38. The summed E-state index contributed by atoms with van der Waals surface area (Å²) in [7, 11) is 2.13. The molecular formula is C15H23N3O2. The fourth-order valence-corrected chi connectivity index (χ4v) is 2.86. The zero-order chi connectivity index (χ0) is 14.9. The van der Waals surface area contributed by atoms with Crippen molar-refractivity contribution >= 4 is 11.4 Å². The van der Waals surface area contributed by atoms with Crippen LogP contribution in [0.15, 0.2) is 18.2 Å². The molecule has 2 rings (SSSR count). The molecule has 3 unspecified atom stereocenters. The lowest BCUT2D eigenvalue weighted by molar-refractivity contribution is -0.384. The largest absolute Gasteiger partial charge is 0.376 e. The summed E-state index contributed by atoms with van der Waals surface area (Å²) in [6, 6.07) is 6.14. The van der Waals surface area contributed by atoms with Gasteiger partial charge in [0, 0.05) is 24.7 Å². The van der Waals surface area contributed by atoms with Crippen LogP contribution in [0.4, 0.5) is 11.4 Å². The van der Waals surface area contributed by atoms with E-state index in [4.69, 9.17) is 0 Å². The molecule has 0 aromatic heterocycles. The van der Waals surface area contributed by atoms with Crippen molar-refractivity contribution in [1.82, 2.24) is 4.90 Å². The Hall–Kier alpha value is -1.62. The standard InChI is InChI=1S/C15H23N3O2/c1-10-5-6-13(15(7-10)18(19)20)16-14-8-12(3)17(4)9-11(14)2/h5-7,11-12,14,16H,8-9H2,1-4H3. The van der Waals surface area contributed by atoms with Crippen molar-refractivity contribution in [2.45, 2.75) is 39.3 Å². The summed E-state index contributed by atoms with van der Waals surface area (Å²) in [5.74, 6) is 0.470. The summed E-state index contributed by atoms with van der Waals surface area (Å²) in [5, 5.41) is 14.6. The highest BCUT2D eigenvalue weighted by molar-refractivity contribution is 5.63. The molecule has 0 aliphatic carbocycles. The van der Waals surface area contributed by atoms with E-state index >= 15 is 0 Å². The molecule has 5 heteroatoms. The molecule has 1 heterocycles. The van der Waals surface area contributed by atoms with Crippen LogP contribution in [0, 0.1) is 23.0 Å². The summed E-state index contributed by atoms with van der Waals surface area (Å²) < 4.78 is 0. The molecule has 0 radical (unpaired) electrons. The Labute approximate surface area is 120 Å². The second kappa shape index (κ2) is 5.79. The smallest absolute Gasteiger partial charge is 0.292 e. The number of nitro groups is 1. The maximum atomic E-state index is 11.2. The van der Waals surface area contributed by atoms with E-state index in [-0.39, 0.29) is 16.7 Å². The molecule has 0 amide bonds. The second-order valence-corrected chi connectivity index (χ2v) is 6.03. The van der Waals surface area contributed by atoms with Gasteiger partial charge in [0.1, 0.15) is 5.69 Å². The predicted molar refractivity (Wildman–Crippen MR) is 81.1 cm³/mol. The van der Waals surface area contributed by atoms with Crippen LogP contribution in [0.25, 0.3) is 0 Å². The van der Waals surface area contributed by atoms with E-state index < -0.39 is 0 Å². The number of piperidine rings is 1. The third kappa shape index (κ3) is 3.10. The third-order valence-electron chi connectivity index (χ3n) is 4.30. The number of hydrogen-bond donors (Lipinski definition) is 1. The summed E-state index contributed by atoms with van der Waals surface area (Å²) in [4.78, 5) is 13.2. The highest BCUT2D eigenvalue weighted by Crippen LogP contribution is 2.30. The monoisotopic (exact) mass is 277 g/mol. The lowest BCUT2D eigenvalue weighted by Crippen LogP contribution is -2.48. The third-order valence-corrected chi connectivity index (χ3v) is 4.30. The van der Waals surface area contributed by atoms with Crippen LogP contribution >= 0.6 is 0 Å². The second-order valence-electron chi connectivity index (χ2n) is 6.03. The first kappa shape index (κ1) is 14.8. The number of likely N-dealkylation sites (tertiary alicyclic amines) is 1. The van der Waals surface area contributed by atoms with Crippen LogP contribution in [0.1, 0.15) is 25.8 Å². The highest BCUT2D eigenvalue weighted by atomic mass is 16.6. The van der Waals surface area contributed by atoms with Gasteiger partial charge in [-0.1, -0.05) is 13.0 Å². The summed E-state index contributed by atoms with van der Waals surface area (Å²) in [5.41, 5.74) is 1.71. The van der Waals surface area contributed by atoms with Gasteiger partial charge in [0.05, 0.1) is 4.92 Å². The van der Waals surface area contributed by atoms with Gasteiger partial charge in [-0.3, -0.25) is 10.1 Å². The van der Waals surface area contributed by atoms with Crippen LogP contribution in [0.2, 0.25) is 0 Å². The molecule has 0 spiro atoms. The quantitative estimate of drug-likeness (QED) is 0.681. The fourth-order valence-electron chi connectivity index (χ4n) is 2.86. The molecule has 1 aliphatic heterocycles. The van der Waals surface area contributed by atoms with Gasteiger partial charge in [0.2, 0.25) is 0 Å². The van der Waals surface area contributed by atoms with Crippen molar-refractivity contribution in [3.05, 3.63) is 33.9 Å². The summed E-state index contributed by atoms with van der Waals surface area (Å²) in [6.07, 6.45) is 1.00. The molecule has 1 aliphatic rings. The van der Waals surface area contributed by atoms with Crippen molar-refractivity contribution in [3.63, 3.8) is 0 Å². The van der Waals surface area contributed by atoms with E-state index in [2.05, 4.69) is 31.1 Å². The van der Waals surface area contributed by atoms with E-state index in [0.717, 1.165) is 18.5 Å². The molecule has 1 saturated heterocycles. The number of nitro benzene ring substituents is 1. The van der Waals surface area contributed by atoms with Crippen molar-refractivity contribution in [2.75, 3.05) is 18.9 Å². The van der Waals surface area contributed by atoms with Crippen molar-refractivity contribution < 1.29 is 4.92 Å². The number of aryl methyl sites for hydroxylation is 1. The van der Waals surface area contributed by atoms with Crippen molar-refractivity contribution in [2.24, 2.45) is 5.92 Å². The number of rotatable bonds is 3. The van der Waals surface area contributed by atoms with Gasteiger partial charge in [-0.25, -0.2) is 0 Å². The number of anilines is 1. The molecule has 0 bridgehead atoms. The van der Waals surface area contributed by atoms with Gasteiger partial charge >= 0.3 is 0 Å². The number of nitrogens with one attached hydrogen (secondary N) is 1. The minimum atomic E-state index is -0.307. The van der Waals surface area contributed by atoms with Crippen LogP contribution < -0.4 is 5.32 Å². The average molecular weight is 277 g/mol. The van der Waals surface area contributed by atoms with E-state index in [1.807, 2.05) is 19.1 Å². The Balaban J connectivity index is 2.19. The topological polar surface area (TPSA) is 58.4 Å². The Bertz CT molecular complexity index is 504. The first-order valence-corrected chi connectivity index (χ1v) is 7.10. The van der Waals surface area contributed by atoms with E-state index in [9.17, 15) is 10.1 Å². The molecule has 110 valence electrons. The maximum absolute atomic E-state index is 11.2. The van der Waals surface area contributed by atoms with Crippen LogP contribution in [-0.4, -0.2) is 35.5 Å². The fraction of sp³-hybridized carbons (Fsp3) is 0.600. The van der Waals surface area contributed by atoms with E-state index in [0.29, 0.717) is 17.6 Å². The zero-order valence-electron chi connectivity index (χ0n) is 12.6. The van der Waals surface area contributed by atoms with Crippen LogP contribution in [0.3, 0.4) is 0 Å². The van der Waals surface area contributed by atoms with Gasteiger partial charge in [-0.15, -0.1) is 0 Å². The molecule has 5 nitrogen and oxygen atoms in total. The lowest BCUT2D eigenvalue weighted by Gasteiger charge is -2.40. The highest BCUT2D eigenvalue weighted by Gasteiger charge is 2.30. The number of benzene rings is 1. The van der Waals surface area contributed by atoms with Gasteiger partial charge in [-0.05, 0) is 44.9 Å². The minimum Gasteiger partial charge on any atom is -0.376 e. The number of hydrogen-bond acceptors (Lipinski definition) is 4. The maximum Gasteiger partial charge on any atom is 0.292 e. The van der Waals surface area contributed by atoms with Gasteiger partial charge < -0.3 is 10.2 Å². The molecule has 1 fully saturated rings. The van der Waals surface area contributed by atoms with Gasteiger partial charge in [-0.2, -0.15) is 0 Å². The van der Waals surface area contributed by atoms with Crippen LogP contribution in [0.5, 0.6) is 0 Å². The Morgan fingerprint density at radius 3 is 2.75 bits per heavy atom. The van der Waals surface area contributed by atoms with Crippen molar-refractivity contribution in [3.8, 4) is 0 Å². The zero-order valence-corrected chi connectivity index (χ0v) is 12.6. The van der Waals surface area contributed by atoms with E-state index in [1.165, 1.54) is 0 Å². The average Bonchev–Trinajstić information content (AvgIpc) is 2.37. The van der Waals surface area contributed by atoms with Gasteiger partial charge in [0.25, 0.3) is 5.69 Å². The lowest BCUT2D eigenvalue weighted by atomic mass is 9.89. The molecule has 1 aromatic rings. The summed E-state index contributed by atoms with van der Waals surface area (Å²) >= 11 is 0. The Morgan fingerprint density at radius 1 is 1.40 bits per heavy atom. The summed E-state index contributed by atoms with van der Waals surface area (Å²) in [6.45, 7) is 7.28. The Morgan fingerprint density at radius 2 is 2.10 bits per heavy atom. The Kier molecular flexibility index (Phi) is 4.28. The minimum absolute atomic E-state index is 0.170. The number of nitrogens with zero attached hydrogens (tertiary/aromatic N) is 2. The first-order valence-electron chi connectivity index (χ1n) is 7.10. The molecule has 0 saturated carbocycles. The molecule has 1 N–H and O–H groups in total. The normalized spacial score (nSPS) is 27.3.